The van der Waals surface area contributed by atoms with Crippen molar-refractivity contribution in [1.82, 2.24) is 19.7 Å². The standard InChI is InChI=1S/C20H27N5/c1-4-7-8-16(6-3)25-20-17(19(21)22-13-23-20)18(24-25)15-11-9-14(5-2)10-12-15/h9-13,16H,4-8H2,1-3H3,(H2,21,22,23). The zero-order valence-corrected chi connectivity index (χ0v) is 15.4. The van der Waals surface area contributed by atoms with Crippen LogP contribution in [0.2, 0.25) is 0 Å². The predicted molar refractivity (Wildman–Crippen MR) is 103 cm³/mol. The van der Waals surface area contributed by atoms with Gasteiger partial charge in [0.2, 0.25) is 0 Å². The van der Waals surface area contributed by atoms with Gasteiger partial charge in [0.05, 0.1) is 11.4 Å². The van der Waals surface area contributed by atoms with Crippen LogP contribution in [0.5, 0.6) is 0 Å². The Morgan fingerprint density at radius 2 is 1.84 bits per heavy atom. The molecule has 0 bridgehead atoms. The van der Waals surface area contributed by atoms with Gasteiger partial charge in [-0.1, -0.05) is 57.9 Å². The van der Waals surface area contributed by atoms with Crippen LogP contribution in [-0.2, 0) is 6.42 Å². The third-order valence-electron chi connectivity index (χ3n) is 4.86. The van der Waals surface area contributed by atoms with Gasteiger partial charge in [0, 0.05) is 5.56 Å². The van der Waals surface area contributed by atoms with Crippen molar-refractivity contribution in [2.24, 2.45) is 0 Å². The maximum Gasteiger partial charge on any atom is 0.164 e. The molecule has 1 unspecified atom stereocenters. The van der Waals surface area contributed by atoms with Crippen molar-refractivity contribution in [3.05, 3.63) is 36.2 Å². The Hall–Kier alpha value is -2.43. The van der Waals surface area contributed by atoms with E-state index in [1.54, 1.807) is 0 Å². The number of benzene rings is 1. The summed E-state index contributed by atoms with van der Waals surface area (Å²) < 4.78 is 2.06. The summed E-state index contributed by atoms with van der Waals surface area (Å²) in [5.41, 5.74) is 10.3. The highest BCUT2D eigenvalue weighted by Crippen LogP contribution is 2.33. The van der Waals surface area contributed by atoms with Gasteiger partial charge < -0.3 is 5.73 Å². The van der Waals surface area contributed by atoms with Gasteiger partial charge in [-0.25, -0.2) is 14.6 Å². The van der Waals surface area contributed by atoms with Crippen LogP contribution in [0.15, 0.2) is 30.6 Å². The number of aromatic nitrogens is 4. The number of rotatable bonds is 7. The Labute approximate surface area is 149 Å². The number of nitrogens with zero attached hydrogens (tertiary/aromatic N) is 4. The summed E-state index contributed by atoms with van der Waals surface area (Å²) in [6.45, 7) is 6.58. The van der Waals surface area contributed by atoms with Crippen LogP contribution in [0.3, 0.4) is 0 Å². The van der Waals surface area contributed by atoms with Crippen LogP contribution in [0.25, 0.3) is 22.3 Å². The lowest BCUT2D eigenvalue weighted by molar-refractivity contribution is 0.410. The van der Waals surface area contributed by atoms with E-state index in [0.717, 1.165) is 41.6 Å². The Bertz CT molecular complexity index is 835. The highest BCUT2D eigenvalue weighted by Gasteiger charge is 2.21. The molecule has 0 amide bonds. The minimum absolute atomic E-state index is 0.334. The van der Waals surface area contributed by atoms with Crippen LogP contribution in [0, 0.1) is 0 Å². The smallest absolute Gasteiger partial charge is 0.164 e. The zero-order valence-electron chi connectivity index (χ0n) is 15.4. The lowest BCUT2D eigenvalue weighted by Gasteiger charge is -2.15. The first kappa shape index (κ1) is 17.4. The molecule has 1 aromatic carbocycles. The van der Waals surface area contributed by atoms with Crippen LogP contribution in [0.4, 0.5) is 5.82 Å². The molecule has 2 aromatic heterocycles. The fourth-order valence-electron chi connectivity index (χ4n) is 3.29. The average Bonchev–Trinajstić information content (AvgIpc) is 3.03. The van der Waals surface area contributed by atoms with Crippen LogP contribution >= 0.6 is 0 Å². The second kappa shape index (κ2) is 7.64. The molecule has 1 atom stereocenters. The Morgan fingerprint density at radius 1 is 1.08 bits per heavy atom. The van der Waals surface area contributed by atoms with E-state index in [1.807, 2.05) is 0 Å². The van der Waals surface area contributed by atoms with Crippen LogP contribution in [-0.4, -0.2) is 19.7 Å². The van der Waals surface area contributed by atoms with E-state index in [-0.39, 0.29) is 0 Å². The third-order valence-corrected chi connectivity index (χ3v) is 4.86. The predicted octanol–water partition coefficient (Wildman–Crippen LogP) is 4.78. The van der Waals surface area contributed by atoms with Gasteiger partial charge in [-0.2, -0.15) is 5.10 Å². The third kappa shape index (κ3) is 3.36. The van der Waals surface area contributed by atoms with E-state index in [0.29, 0.717) is 11.9 Å². The van der Waals surface area contributed by atoms with Gasteiger partial charge in [0.25, 0.3) is 0 Å². The monoisotopic (exact) mass is 337 g/mol. The maximum atomic E-state index is 6.20. The van der Waals surface area contributed by atoms with Crippen molar-refractivity contribution in [2.75, 3.05) is 5.73 Å². The Kier molecular flexibility index (Phi) is 5.31. The molecule has 5 heteroatoms. The second-order valence-corrected chi connectivity index (χ2v) is 6.51. The molecule has 25 heavy (non-hydrogen) atoms. The minimum atomic E-state index is 0.334. The average molecular weight is 337 g/mol. The van der Waals surface area contributed by atoms with E-state index in [4.69, 9.17) is 10.8 Å². The lowest BCUT2D eigenvalue weighted by atomic mass is 10.1. The number of hydrogen-bond acceptors (Lipinski definition) is 4. The summed E-state index contributed by atoms with van der Waals surface area (Å²) in [6, 6.07) is 8.86. The van der Waals surface area contributed by atoms with Crippen molar-refractivity contribution in [2.45, 2.75) is 58.9 Å². The Balaban J connectivity index is 2.15. The van der Waals surface area contributed by atoms with Gasteiger partial charge in [-0.05, 0) is 24.8 Å². The first-order chi connectivity index (χ1) is 12.2. The highest BCUT2D eigenvalue weighted by atomic mass is 15.3. The maximum absolute atomic E-state index is 6.20. The summed E-state index contributed by atoms with van der Waals surface area (Å²) in [6.07, 6.45) is 7.04. The van der Waals surface area contributed by atoms with E-state index < -0.39 is 0 Å². The summed E-state index contributed by atoms with van der Waals surface area (Å²) in [4.78, 5) is 8.71. The SMILES string of the molecule is CCCCC(CC)n1nc(-c2ccc(CC)cc2)c2c(N)ncnc21. The first-order valence-electron chi connectivity index (χ1n) is 9.27. The molecule has 0 aliphatic heterocycles. The number of aryl methyl sites for hydroxylation is 1. The number of hydrogen-bond donors (Lipinski definition) is 1. The fourth-order valence-corrected chi connectivity index (χ4v) is 3.29. The molecule has 2 N–H and O–H groups in total. The lowest BCUT2D eigenvalue weighted by Crippen LogP contribution is -2.10. The molecule has 0 saturated heterocycles. The van der Waals surface area contributed by atoms with Gasteiger partial charge >= 0.3 is 0 Å². The van der Waals surface area contributed by atoms with Crippen LogP contribution in [0.1, 0.15) is 58.1 Å². The van der Waals surface area contributed by atoms with Crippen molar-refractivity contribution in [1.29, 1.82) is 0 Å². The van der Waals surface area contributed by atoms with Gasteiger partial charge in [0.1, 0.15) is 17.8 Å². The highest BCUT2D eigenvalue weighted by molar-refractivity contribution is 5.98. The van der Waals surface area contributed by atoms with Gasteiger partial charge in [-0.15, -0.1) is 0 Å². The quantitative estimate of drug-likeness (QED) is 0.673. The molecule has 3 aromatic rings. The van der Waals surface area contributed by atoms with E-state index in [2.05, 4.69) is 59.7 Å². The minimum Gasteiger partial charge on any atom is -0.383 e. The summed E-state index contributed by atoms with van der Waals surface area (Å²) in [5.74, 6) is 0.496. The summed E-state index contributed by atoms with van der Waals surface area (Å²) in [7, 11) is 0. The topological polar surface area (TPSA) is 69.6 Å². The number of nitrogens with two attached hydrogens (primary N) is 1. The fraction of sp³-hybridized carbons (Fsp3) is 0.450. The Morgan fingerprint density at radius 3 is 2.48 bits per heavy atom. The molecule has 0 saturated carbocycles. The van der Waals surface area contributed by atoms with Crippen molar-refractivity contribution >= 4 is 16.9 Å². The normalized spacial score (nSPS) is 12.6. The molecule has 3 rings (SSSR count). The van der Waals surface area contributed by atoms with Crippen molar-refractivity contribution in [3.8, 4) is 11.3 Å². The summed E-state index contributed by atoms with van der Waals surface area (Å²) >= 11 is 0. The number of fused-ring (bicyclic) bond motifs is 1. The number of nitrogen functional groups attached to an aromatic ring is 1. The molecule has 0 radical (unpaired) electrons. The zero-order chi connectivity index (χ0) is 17.8. The van der Waals surface area contributed by atoms with Crippen molar-refractivity contribution in [3.63, 3.8) is 0 Å². The molecule has 0 aliphatic carbocycles. The molecule has 0 fully saturated rings. The molecule has 2 heterocycles. The summed E-state index contributed by atoms with van der Waals surface area (Å²) in [5, 5.41) is 5.80. The molecule has 0 aliphatic rings. The first-order valence-corrected chi connectivity index (χ1v) is 9.27. The van der Waals surface area contributed by atoms with E-state index in [1.165, 1.54) is 24.7 Å². The van der Waals surface area contributed by atoms with Gasteiger partial charge in [0.15, 0.2) is 5.65 Å². The number of unbranched alkanes of at least 4 members (excludes halogenated alkanes) is 1. The van der Waals surface area contributed by atoms with Crippen LogP contribution < -0.4 is 5.73 Å². The molecular weight excluding hydrogens is 310 g/mol. The van der Waals surface area contributed by atoms with Crippen molar-refractivity contribution < 1.29 is 0 Å². The van der Waals surface area contributed by atoms with Gasteiger partial charge in [-0.3, -0.25) is 0 Å². The molecular formula is C20H27N5. The molecule has 5 nitrogen and oxygen atoms in total. The largest absolute Gasteiger partial charge is 0.383 e. The number of anilines is 1. The second-order valence-electron chi connectivity index (χ2n) is 6.51. The van der Waals surface area contributed by atoms with E-state index in [9.17, 15) is 0 Å². The van der Waals surface area contributed by atoms with E-state index >= 15 is 0 Å². The molecule has 0 spiro atoms. The molecule has 132 valence electrons.